The number of carbonyl (C=O) groups is 2. The fraction of sp³-hybridized carbons (Fsp3) is 0.467. The maximum absolute atomic E-state index is 12.0. The average molecular weight is 342 g/mol. The first kappa shape index (κ1) is 18.3. The Bertz CT molecular complexity index is 585. The van der Waals surface area contributed by atoms with Crippen molar-refractivity contribution in [1.82, 2.24) is 0 Å². The van der Waals surface area contributed by atoms with Gasteiger partial charge in [0, 0.05) is 6.42 Å². The summed E-state index contributed by atoms with van der Waals surface area (Å²) in [5.74, 6) is -1.86. The van der Waals surface area contributed by atoms with Crippen molar-refractivity contribution in [2.24, 2.45) is 0 Å². The number of aliphatic hydroxyl groups is 4. The van der Waals surface area contributed by atoms with E-state index in [1.54, 1.807) is 12.1 Å². The number of aliphatic hydroxyl groups excluding tert-OH is 4. The van der Waals surface area contributed by atoms with Crippen LogP contribution in [0.5, 0.6) is 5.75 Å². The highest BCUT2D eigenvalue weighted by atomic mass is 16.7. The highest BCUT2D eigenvalue weighted by Crippen LogP contribution is 2.22. The van der Waals surface area contributed by atoms with Crippen LogP contribution in [-0.4, -0.2) is 68.2 Å². The summed E-state index contributed by atoms with van der Waals surface area (Å²) in [4.78, 5) is 22.5. The Morgan fingerprint density at radius 3 is 2.21 bits per heavy atom. The number of hydrogen-bond donors (Lipinski definition) is 5. The van der Waals surface area contributed by atoms with Crippen LogP contribution < -0.4 is 4.74 Å². The van der Waals surface area contributed by atoms with E-state index in [-0.39, 0.29) is 12.2 Å². The number of carboxylic acid groups (broad SMARTS) is 1. The number of hydrogen-bond acceptors (Lipinski definition) is 8. The maximum Gasteiger partial charge on any atom is 0.343 e. The van der Waals surface area contributed by atoms with E-state index in [2.05, 4.69) is 0 Å². The Hall–Kier alpha value is -2.04. The Balaban J connectivity index is 1.97. The van der Waals surface area contributed by atoms with Gasteiger partial charge in [0.2, 0.25) is 0 Å². The van der Waals surface area contributed by atoms with Crippen molar-refractivity contribution in [3.63, 3.8) is 0 Å². The SMILES string of the molecule is O=C(O)CCc1ccc(OC(=O)[C@H]2O[C@@H](O)[C@H](O)[C@@H](O)[C@@H]2O)cc1. The number of benzene rings is 1. The Kier molecular flexibility index (Phi) is 5.86. The molecule has 1 aliphatic heterocycles. The molecule has 1 fully saturated rings. The minimum Gasteiger partial charge on any atom is -0.481 e. The number of carboxylic acids is 1. The summed E-state index contributed by atoms with van der Waals surface area (Å²) >= 11 is 0. The van der Waals surface area contributed by atoms with Gasteiger partial charge in [0.1, 0.15) is 24.1 Å². The lowest BCUT2D eigenvalue weighted by molar-refractivity contribution is -0.279. The monoisotopic (exact) mass is 342 g/mol. The largest absolute Gasteiger partial charge is 0.481 e. The van der Waals surface area contributed by atoms with E-state index in [0.717, 1.165) is 5.56 Å². The molecule has 1 aliphatic rings. The summed E-state index contributed by atoms with van der Waals surface area (Å²) in [5, 5.41) is 46.6. The Morgan fingerprint density at radius 1 is 1.00 bits per heavy atom. The summed E-state index contributed by atoms with van der Waals surface area (Å²) < 4.78 is 9.75. The van der Waals surface area contributed by atoms with Gasteiger partial charge in [-0.05, 0) is 24.1 Å². The third-order valence-corrected chi connectivity index (χ3v) is 3.59. The van der Waals surface area contributed by atoms with Crippen molar-refractivity contribution in [2.75, 3.05) is 0 Å². The van der Waals surface area contributed by atoms with Gasteiger partial charge in [0.15, 0.2) is 12.4 Å². The minimum absolute atomic E-state index is 0.0284. The third kappa shape index (κ3) is 4.28. The number of rotatable bonds is 5. The molecule has 0 aromatic heterocycles. The molecule has 0 radical (unpaired) electrons. The predicted molar refractivity (Wildman–Crippen MR) is 76.9 cm³/mol. The first-order valence-electron chi connectivity index (χ1n) is 7.19. The van der Waals surface area contributed by atoms with Crippen LogP contribution in [0.15, 0.2) is 24.3 Å². The lowest BCUT2D eigenvalue weighted by Crippen LogP contribution is -2.60. The normalized spacial score (nSPS) is 29.9. The zero-order chi connectivity index (χ0) is 17.9. The molecule has 5 N–H and O–H groups in total. The molecule has 1 saturated heterocycles. The third-order valence-electron chi connectivity index (χ3n) is 3.59. The van der Waals surface area contributed by atoms with Gasteiger partial charge in [-0.15, -0.1) is 0 Å². The molecule has 0 aliphatic carbocycles. The van der Waals surface area contributed by atoms with Crippen LogP contribution in [0.1, 0.15) is 12.0 Å². The molecule has 0 saturated carbocycles. The zero-order valence-corrected chi connectivity index (χ0v) is 12.5. The molecule has 0 bridgehead atoms. The molecule has 0 spiro atoms. The minimum atomic E-state index is -1.83. The Labute approximate surface area is 136 Å². The van der Waals surface area contributed by atoms with Crippen LogP contribution in [0, 0.1) is 0 Å². The zero-order valence-electron chi connectivity index (χ0n) is 12.5. The summed E-state index contributed by atoms with van der Waals surface area (Å²) in [6.07, 6.45) is -8.46. The van der Waals surface area contributed by atoms with E-state index in [0.29, 0.717) is 6.42 Å². The van der Waals surface area contributed by atoms with Crippen LogP contribution in [-0.2, 0) is 20.7 Å². The molecule has 9 nitrogen and oxygen atoms in total. The van der Waals surface area contributed by atoms with Crippen molar-refractivity contribution in [3.05, 3.63) is 29.8 Å². The van der Waals surface area contributed by atoms with E-state index in [4.69, 9.17) is 14.6 Å². The molecule has 2 rings (SSSR count). The van der Waals surface area contributed by atoms with Gasteiger partial charge in [-0.2, -0.15) is 0 Å². The molecule has 9 heteroatoms. The van der Waals surface area contributed by atoms with Gasteiger partial charge in [0.05, 0.1) is 0 Å². The fourth-order valence-electron chi connectivity index (χ4n) is 2.21. The van der Waals surface area contributed by atoms with Crippen LogP contribution in [0.2, 0.25) is 0 Å². The van der Waals surface area contributed by atoms with Gasteiger partial charge in [-0.3, -0.25) is 4.79 Å². The number of ether oxygens (including phenoxy) is 2. The molecule has 132 valence electrons. The first-order valence-corrected chi connectivity index (χ1v) is 7.19. The molecule has 0 unspecified atom stereocenters. The number of carbonyl (C=O) groups excluding carboxylic acids is 1. The quantitative estimate of drug-likeness (QED) is 0.315. The molecule has 1 aromatic rings. The lowest BCUT2D eigenvalue weighted by atomic mass is 9.99. The number of aryl methyl sites for hydroxylation is 1. The van der Waals surface area contributed by atoms with E-state index >= 15 is 0 Å². The van der Waals surface area contributed by atoms with Crippen molar-refractivity contribution in [2.45, 2.75) is 43.5 Å². The second-order valence-corrected chi connectivity index (χ2v) is 5.38. The second-order valence-electron chi connectivity index (χ2n) is 5.38. The van der Waals surface area contributed by atoms with Crippen LogP contribution in [0.4, 0.5) is 0 Å². The molecule has 5 atom stereocenters. The van der Waals surface area contributed by atoms with Crippen LogP contribution in [0.3, 0.4) is 0 Å². The highest BCUT2D eigenvalue weighted by molar-refractivity contribution is 5.78. The van der Waals surface area contributed by atoms with Crippen LogP contribution >= 0.6 is 0 Å². The number of aliphatic carboxylic acids is 1. The van der Waals surface area contributed by atoms with Gasteiger partial charge in [0.25, 0.3) is 0 Å². The van der Waals surface area contributed by atoms with Gasteiger partial charge >= 0.3 is 11.9 Å². The van der Waals surface area contributed by atoms with E-state index in [1.165, 1.54) is 12.1 Å². The standard InChI is InChI=1S/C15H18O9/c16-9(17)6-3-7-1-4-8(5-2-7)23-15(22)13-11(19)10(18)12(20)14(21)24-13/h1-2,4-5,10-14,18-21H,3,6H2,(H,16,17)/t10-,11-,12+,13-,14+/m0/s1. The highest BCUT2D eigenvalue weighted by Gasteiger charge is 2.47. The topological polar surface area (TPSA) is 154 Å². The lowest BCUT2D eigenvalue weighted by Gasteiger charge is -2.36. The smallest absolute Gasteiger partial charge is 0.343 e. The van der Waals surface area contributed by atoms with Crippen LogP contribution in [0.25, 0.3) is 0 Å². The van der Waals surface area contributed by atoms with Gasteiger partial charge in [-0.25, -0.2) is 4.79 Å². The second kappa shape index (κ2) is 7.69. The van der Waals surface area contributed by atoms with Gasteiger partial charge in [-0.1, -0.05) is 12.1 Å². The maximum atomic E-state index is 12.0. The summed E-state index contributed by atoms with van der Waals surface area (Å²) in [6, 6.07) is 6.03. The summed E-state index contributed by atoms with van der Waals surface area (Å²) in [7, 11) is 0. The van der Waals surface area contributed by atoms with E-state index in [1.807, 2.05) is 0 Å². The van der Waals surface area contributed by atoms with E-state index < -0.39 is 42.6 Å². The average Bonchev–Trinajstić information content (AvgIpc) is 2.55. The van der Waals surface area contributed by atoms with E-state index in [9.17, 15) is 30.0 Å². The van der Waals surface area contributed by atoms with Crippen molar-refractivity contribution in [3.8, 4) is 5.75 Å². The molecular weight excluding hydrogens is 324 g/mol. The predicted octanol–water partition coefficient (Wildman–Crippen LogP) is -1.59. The van der Waals surface area contributed by atoms with Crippen molar-refractivity contribution < 1.29 is 44.6 Å². The Morgan fingerprint density at radius 2 is 1.62 bits per heavy atom. The van der Waals surface area contributed by atoms with Crippen molar-refractivity contribution >= 4 is 11.9 Å². The van der Waals surface area contributed by atoms with Gasteiger partial charge < -0.3 is 35.0 Å². The molecule has 1 heterocycles. The summed E-state index contributed by atoms with van der Waals surface area (Å²) in [5.41, 5.74) is 0.736. The molecular formula is C15H18O9. The first-order chi connectivity index (χ1) is 11.3. The summed E-state index contributed by atoms with van der Waals surface area (Å²) in [6.45, 7) is 0. The molecule has 1 aromatic carbocycles. The molecule has 24 heavy (non-hydrogen) atoms. The fourth-order valence-corrected chi connectivity index (χ4v) is 2.21. The molecule has 0 amide bonds. The number of esters is 1. The van der Waals surface area contributed by atoms with Crippen molar-refractivity contribution in [1.29, 1.82) is 0 Å².